The Balaban J connectivity index is 2.62. The van der Waals surface area contributed by atoms with Gasteiger partial charge in [0.1, 0.15) is 11.6 Å². The summed E-state index contributed by atoms with van der Waals surface area (Å²) >= 11 is 3.32. The van der Waals surface area contributed by atoms with Crippen LogP contribution < -0.4 is 5.56 Å². The van der Waals surface area contributed by atoms with Crippen molar-refractivity contribution in [3.05, 3.63) is 63.0 Å². The third-order valence-corrected chi connectivity index (χ3v) is 2.70. The molecule has 0 saturated heterocycles. The molecule has 4 heteroatoms. The Kier molecular flexibility index (Phi) is 2.88. The van der Waals surface area contributed by atoms with Gasteiger partial charge >= 0.3 is 0 Å². The van der Waals surface area contributed by atoms with Crippen LogP contribution in [0.4, 0.5) is 0 Å². The summed E-state index contributed by atoms with van der Waals surface area (Å²) in [5.41, 5.74) is 0.586. The van der Waals surface area contributed by atoms with Gasteiger partial charge in [-0.3, -0.25) is 9.36 Å². The summed E-state index contributed by atoms with van der Waals surface area (Å²) in [5.74, 6) is 0. The molecule has 0 aliphatic carbocycles. The Morgan fingerprint density at radius 1 is 1.19 bits per heavy atom. The van der Waals surface area contributed by atoms with Gasteiger partial charge < -0.3 is 0 Å². The monoisotopic (exact) mass is 274 g/mol. The van der Waals surface area contributed by atoms with E-state index in [4.69, 9.17) is 5.26 Å². The van der Waals surface area contributed by atoms with Crippen molar-refractivity contribution in [1.82, 2.24) is 4.57 Å². The average molecular weight is 275 g/mol. The van der Waals surface area contributed by atoms with E-state index in [1.165, 1.54) is 10.6 Å². The summed E-state index contributed by atoms with van der Waals surface area (Å²) in [6, 6.07) is 12.4. The quantitative estimate of drug-likeness (QED) is 0.802. The molecule has 3 nitrogen and oxygen atoms in total. The van der Waals surface area contributed by atoms with E-state index in [1.807, 2.05) is 30.3 Å². The van der Waals surface area contributed by atoms with E-state index in [9.17, 15) is 4.79 Å². The molecular formula is C12H7BrN2O. The summed E-state index contributed by atoms with van der Waals surface area (Å²) in [4.78, 5) is 11.8. The van der Waals surface area contributed by atoms with Crippen LogP contribution in [0, 0.1) is 11.3 Å². The molecule has 16 heavy (non-hydrogen) atoms. The summed E-state index contributed by atoms with van der Waals surface area (Å²) in [6.07, 6.45) is 1.65. The second-order valence-electron chi connectivity index (χ2n) is 3.19. The van der Waals surface area contributed by atoms with Crippen molar-refractivity contribution in [1.29, 1.82) is 5.26 Å². The SMILES string of the molecule is N#Cc1cccn(-c2ccc(Br)cc2)c1=O. The van der Waals surface area contributed by atoms with Crippen molar-refractivity contribution >= 4 is 15.9 Å². The zero-order valence-electron chi connectivity index (χ0n) is 8.22. The largest absolute Gasteiger partial charge is 0.283 e. The lowest BCUT2D eigenvalue weighted by Crippen LogP contribution is -2.19. The van der Waals surface area contributed by atoms with E-state index in [2.05, 4.69) is 15.9 Å². The Labute approximate surface area is 101 Å². The van der Waals surface area contributed by atoms with E-state index >= 15 is 0 Å². The number of benzene rings is 1. The van der Waals surface area contributed by atoms with Crippen LogP contribution in [0.1, 0.15) is 5.56 Å². The molecule has 0 unspecified atom stereocenters. The van der Waals surface area contributed by atoms with Crippen molar-refractivity contribution in [2.24, 2.45) is 0 Å². The fraction of sp³-hybridized carbons (Fsp3) is 0. The second kappa shape index (κ2) is 4.33. The normalized spacial score (nSPS) is 9.75. The van der Waals surface area contributed by atoms with E-state index < -0.39 is 0 Å². The second-order valence-corrected chi connectivity index (χ2v) is 4.10. The summed E-state index contributed by atoms with van der Waals surface area (Å²) < 4.78 is 2.39. The molecule has 0 N–H and O–H groups in total. The standard InChI is InChI=1S/C12H7BrN2O/c13-10-3-5-11(6-4-10)15-7-1-2-9(8-14)12(15)16/h1-7H. The van der Waals surface area contributed by atoms with Gasteiger partial charge in [-0.2, -0.15) is 5.26 Å². The van der Waals surface area contributed by atoms with Crippen LogP contribution in [-0.2, 0) is 0 Å². The molecule has 0 atom stereocenters. The van der Waals surface area contributed by atoms with Crippen LogP contribution in [0.15, 0.2) is 51.9 Å². The van der Waals surface area contributed by atoms with Gasteiger partial charge in [-0.1, -0.05) is 15.9 Å². The molecule has 0 aliphatic heterocycles. The first-order valence-corrected chi connectivity index (χ1v) is 5.39. The lowest BCUT2D eigenvalue weighted by atomic mass is 10.2. The van der Waals surface area contributed by atoms with Crippen LogP contribution in [0.2, 0.25) is 0 Å². The number of rotatable bonds is 1. The van der Waals surface area contributed by atoms with Crippen molar-refractivity contribution in [3.8, 4) is 11.8 Å². The highest BCUT2D eigenvalue weighted by atomic mass is 79.9. The van der Waals surface area contributed by atoms with Crippen LogP contribution in [0.25, 0.3) is 5.69 Å². The molecule has 78 valence electrons. The molecule has 1 heterocycles. The molecule has 0 aliphatic rings. The summed E-state index contributed by atoms with van der Waals surface area (Å²) in [7, 11) is 0. The molecule has 0 amide bonds. The highest BCUT2D eigenvalue weighted by Crippen LogP contribution is 2.12. The van der Waals surface area contributed by atoms with Gasteiger partial charge in [0.15, 0.2) is 0 Å². The number of hydrogen-bond acceptors (Lipinski definition) is 2. The van der Waals surface area contributed by atoms with Gasteiger partial charge in [0.05, 0.1) is 0 Å². The van der Waals surface area contributed by atoms with Crippen molar-refractivity contribution in [3.63, 3.8) is 0 Å². The molecule has 2 aromatic rings. The summed E-state index contributed by atoms with van der Waals surface area (Å²) in [5, 5.41) is 8.76. The minimum Gasteiger partial charge on any atom is -0.283 e. The van der Waals surface area contributed by atoms with Gasteiger partial charge in [-0.05, 0) is 36.4 Å². The highest BCUT2D eigenvalue weighted by Gasteiger charge is 2.03. The predicted octanol–water partition coefficient (Wildman–Crippen LogP) is 2.47. The first-order chi connectivity index (χ1) is 7.72. The molecular weight excluding hydrogens is 268 g/mol. The smallest absolute Gasteiger partial charge is 0.272 e. The van der Waals surface area contributed by atoms with Gasteiger partial charge in [0, 0.05) is 16.4 Å². The minimum atomic E-state index is -0.299. The maximum Gasteiger partial charge on any atom is 0.272 e. The zero-order chi connectivity index (χ0) is 11.5. The zero-order valence-corrected chi connectivity index (χ0v) is 9.81. The number of halogens is 1. The lowest BCUT2D eigenvalue weighted by Gasteiger charge is -2.05. The molecule has 0 spiro atoms. The van der Waals surface area contributed by atoms with Crippen molar-refractivity contribution < 1.29 is 0 Å². The number of nitrogens with zero attached hydrogens (tertiary/aromatic N) is 2. The number of aromatic nitrogens is 1. The topological polar surface area (TPSA) is 45.8 Å². The van der Waals surface area contributed by atoms with E-state index in [0.29, 0.717) is 0 Å². The van der Waals surface area contributed by atoms with E-state index in [0.717, 1.165) is 10.2 Å². The molecule has 0 radical (unpaired) electrons. The van der Waals surface area contributed by atoms with Gasteiger partial charge in [-0.15, -0.1) is 0 Å². The Morgan fingerprint density at radius 2 is 1.88 bits per heavy atom. The van der Waals surface area contributed by atoms with Gasteiger partial charge in [0.2, 0.25) is 0 Å². The number of nitriles is 1. The average Bonchev–Trinajstić information content (AvgIpc) is 2.31. The van der Waals surface area contributed by atoms with Crippen LogP contribution in [-0.4, -0.2) is 4.57 Å². The van der Waals surface area contributed by atoms with E-state index in [-0.39, 0.29) is 11.1 Å². The van der Waals surface area contributed by atoms with Crippen molar-refractivity contribution in [2.75, 3.05) is 0 Å². The Hall–Kier alpha value is -1.86. The number of pyridine rings is 1. The minimum absolute atomic E-state index is 0.144. The molecule has 0 bridgehead atoms. The van der Waals surface area contributed by atoms with E-state index in [1.54, 1.807) is 12.3 Å². The van der Waals surface area contributed by atoms with Crippen LogP contribution in [0.3, 0.4) is 0 Å². The first kappa shape index (κ1) is 10.7. The molecule has 1 aromatic heterocycles. The maximum absolute atomic E-state index is 11.8. The maximum atomic E-state index is 11.8. The molecule has 0 fully saturated rings. The summed E-state index contributed by atoms with van der Waals surface area (Å²) in [6.45, 7) is 0. The Bertz CT molecular complexity index is 608. The third-order valence-electron chi connectivity index (χ3n) is 2.17. The van der Waals surface area contributed by atoms with Crippen molar-refractivity contribution in [2.45, 2.75) is 0 Å². The van der Waals surface area contributed by atoms with Crippen LogP contribution >= 0.6 is 15.9 Å². The number of hydrogen-bond donors (Lipinski definition) is 0. The van der Waals surface area contributed by atoms with Gasteiger partial charge in [-0.25, -0.2) is 0 Å². The van der Waals surface area contributed by atoms with Crippen LogP contribution in [0.5, 0.6) is 0 Å². The molecule has 2 rings (SSSR count). The molecule has 0 saturated carbocycles. The predicted molar refractivity (Wildman–Crippen MR) is 64.5 cm³/mol. The van der Waals surface area contributed by atoms with Gasteiger partial charge in [0.25, 0.3) is 5.56 Å². The molecule has 1 aromatic carbocycles. The Morgan fingerprint density at radius 3 is 2.50 bits per heavy atom. The fourth-order valence-corrected chi connectivity index (χ4v) is 1.65. The fourth-order valence-electron chi connectivity index (χ4n) is 1.38. The first-order valence-electron chi connectivity index (χ1n) is 4.60. The highest BCUT2D eigenvalue weighted by molar-refractivity contribution is 9.10. The lowest BCUT2D eigenvalue weighted by molar-refractivity contribution is 0.982. The third kappa shape index (κ3) is 1.90.